The Labute approximate surface area is 188 Å². The zero-order chi connectivity index (χ0) is 22.2. The molecule has 0 heterocycles. The lowest BCUT2D eigenvalue weighted by atomic mass is 9.45. The Balaban J connectivity index is 1.56. The second-order valence-corrected chi connectivity index (χ2v) is 22.7. The molecule has 8 unspecified atom stereocenters. The number of rotatable bonds is 4. The molecule has 0 radical (unpaired) electrons. The fraction of sp³-hybridized carbons (Fsp3) is 0.923. The van der Waals surface area contributed by atoms with Crippen LogP contribution in [0.15, 0.2) is 12.2 Å². The molecule has 0 spiro atoms. The third-order valence-corrected chi connectivity index (χ3v) is 11.8. The smallest absolute Gasteiger partial charge is 0.184 e. The second kappa shape index (κ2) is 7.30. The third kappa shape index (κ3) is 3.86. The Morgan fingerprint density at radius 1 is 0.800 bits per heavy atom. The molecular formula is C26H48O2Si2. The molecule has 172 valence electrons. The average Bonchev–Trinajstić information content (AvgIpc) is 2.83. The summed E-state index contributed by atoms with van der Waals surface area (Å²) in [5, 5.41) is 0. The summed E-state index contributed by atoms with van der Waals surface area (Å²) < 4.78 is 13.4. The lowest BCUT2D eigenvalue weighted by Crippen LogP contribution is -2.57. The van der Waals surface area contributed by atoms with Crippen molar-refractivity contribution < 1.29 is 8.85 Å². The van der Waals surface area contributed by atoms with Gasteiger partial charge in [-0.25, -0.2) is 0 Å². The number of fused-ring (bicyclic) bond motifs is 5. The lowest BCUT2D eigenvalue weighted by Gasteiger charge is -2.61. The van der Waals surface area contributed by atoms with Crippen molar-refractivity contribution in [1.29, 1.82) is 0 Å². The van der Waals surface area contributed by atoms with Gasteiger partial charge in [-0.1, -0.05) is 26.0 Å². The SMILES string of the molecule is CC12C=CC(O[Si](C)(C)C)CC1CCC1C2CCC2(C)C1CCC2(C)O[Si](C)(C)C. The molecule has 0 N–H and O–H groups in total. The first-order chi connectivity index (χ1) is 13.7. The summed E-state index contributed by atoms with van der Waals surface area (Å²) in [6.45, 7) is 21.8. The van der Waals surface area contributed by atoms with Gasteiger partial charge in [0.15, 0.2) is 16.6 Å². The van der Waals surface area contributed by atoms with Crippen LogP contribution >= 0.6 is 0 Å². The van der Waals surface area contributed by atoms with E-state index in [1.165, 1.54) is 44.9 Å². The molecule has 30 heavy (non-hydrogen) atoms. The molecule has 0 amide bonds. The number of allylic oxidation sites excluding steroid dienone is 1. The number of hydrogen-bond acceptors (Lipinski definition) is 2. The van der Waals surface area contributed by atoms with E-state index >= 15 is 0 Å². The Hall–Kier alpha value is 0.0938. The third-order valence-electron chi connectivity index (χ3n) is 9.72. The molecule has 3 fully saturated rings. The van der Waals surface area contributed by atoms with Crippen molar-refractivity contribution in [2.75, 3.05) is 0 Å². The van der Waals surface area contributed by atoms with Gasteiger partial charge in [0.25, 0.3) is 0 Å². The van der Waals surface area contributed by atoms with E-state index in [4.69, 9.17) is 8.85 Å². The van der Waals surface area contributed by atoms with Crippen LogP contribution < -0.4 is 0 Å². The predicted molar refractivity (Wildman–Crippen MR) is 133 cm³/mol. The van der Waals surface area contributed by atoms with Crippen molar-refractivity contribution in [2.45, 2.75) is 117 Å². The summed E-state index contributed by atoms with van der Waals surface area (Å²) in [6, 6.07) is 0. The molecule has 0 aliphatic heterocycles. The van der Waals surface area contributed by atoms with E-state index < -0.39 is 16.6 Å². The van der Waals surface area contributed by atoms with Gasteiger partial charge in [-0.15, -0.1) is 0 Å². The first-order valence-corrected chi connectivity index (χ1v) is 19.6. The summed E-state index contributed by atoms with van der Waals surface area (Å²) >= 11 is 0. The minimum atomic E-state index is -1.55. The highest BCUT2D eigenvalue weighted by atomic mass is 28.4. The Kier molecular flexibility index (Phi) is 5.66. The van der Waals surface area contributed by atoms with Crippen molar-refractivity contribution in [3.63, 3.8) is 0 Å². The molecule has 2 nitrogen and oxygen atoms in total. The second-order valence-electron chi connectivity index (χ2n) is 13.8. The molecule has 0 bridgehead atoms. The van der Waals surface area contributed by atoms with E-state index in [1.807, 2.05) is 0 Å². The van der Waals surface area contributed by atoms with Crippen LogP contribution in [-0.4, -0.2) is 28.3 Å². The van der Waals surface area contributed by atoms with Gasteiger partial charge in [0.1, 0.15) is 0 Å². The quantitative estimate of drug-likeness (QED) is 0.325. The monoisotopic (exact) mass is 448 g/mol. The molecule has 3 saturated carbocycles. The van der Waals surface area contributed by atoms with E-state index in [0.29, 0.717) is 16.9 Å². The molecule has 0 aromatic rings. The van der Waals surface area contributed by atoms with Crippen LogP contribution in [0, 0.1) is 34.5 Å². The molecule has 4 aliphatic rings. The maximum absolute atomic E-state index is 6.94. The van der Waals surface area contributed by atoms with Gasteiger partial charge in [0.05, 0.1) is 11.7 Å². The standard InChI is InChI=1S/C26H48O2Si2/c1-24-15-12-20(27-29(4,5)6)18-19(24)10-11-21-22(24)13-16-25(2)23(21)14-17-26(25,3)28-30(7,8)9/h12,15,19-23H,10-11,13-14,16-18H2,1-9H3. The largest absolute Gasteiger partial charge is 0.412 e. The normalized spacial score (nSPS) is 48.8. The lowest BCUT2D eigenvalue weighted by molar-refractivity contribution is -0.125. The predicted octanol–water partition coefficient (Wildman–Crippen LogP) is 7.64. The molecule has 4 aliphatic carbocycles. The van der Waals surface area contributed by atoms with Crippen molar-refractivity contribution >= 4 is 16.6 Å². The summed E-state index contributed by atoms with van der Waals surface area (Å²) in [4.78, 5) is 0. The van der Waals surface area contributed by atoms with E-state index in [0.717, 1.165) is 23.7 Å². The molecule has 8 atom stereocenters. The topological polar surface area (TPSA) is 18.5 Å². The van der Waals surface area contributed by atoms with Crippen molar-refractivity contribution in [3.05, 3.63) is 12.2 Å². The summed E-state index contributed by atoms with van der Waals surface area (Å²) in [6.07, 6.45) is 14.9. The van der Waals surface area contributed by atoms with Crippen LogP contribution in [0.3, 0.4) is 0 Å². The number of hydrogen-bond donors (Lipinski definition) is 0. The van der Waals surface area contributed by atoms with Crippen LogP contribution in [0.4, 0.5) is 0 Å². The molecule has 4 rings (SSSR count). The zero-order valence-electron chi connectivity index (χ0n) is 21.3. The van der Waals surface area contributed by atoms with Gasteiger partial charge < -0.3 is 8.85 Å². The van der Waals surface area contributed by atoms with Crippen LogP contribution in [-0.2, 0) is 8.85 Å². The Morgan fingerprint density at radius 2 is 1.47 bits per heavy atom. The van der Waals surface area contributed by atoms with Crippen LogP contribution in [0.25, 0.3) is 0 Å². The summed E-state index contributed by atoms with van der Waals surface area (Å²) in [7, 11) is -3.04. The van der Waals surface area contributed by atoms with Gasteiger partial charge in [0, 0.05) is 0 Å². The van der Waals surface area contributed by atoms with Gasteiger partial charge in [-0.05, 0) is 126 Å². The summed E-state index contributed by atoms with van der Waals surface area (Å²) in [5.74, 6) is 3.39. The maximum atomic E-state index is 6.94. The average molecular weight is 449 g/mol. The maximum Gasteiger partial charge on any atom is 0.184 e. The van der Waals surface area contributed by atoms with E-state index in [9.17, 15) is 0 Å². The first kappa shape index (κ1) is 23.3. The summed E-state index contributed by atoms with van der Waals surface area (Å²) in [5.41, 5.74) is 0.825. The van der Waals surface area contributed by atoms with Crippen molar-refractivity contribution in [1.82, 2.24) is 0 Å². The molecule has 4 heteroatoms. The van der Waals surface area contributed by atoms with Gasteiger partial charge in [-0.2, -0.15) is 0 Å². The highest BCUT2D eigenvalue weighted by Gasteiger charge is 2.64. The van der Waals surface area contributed by atoms with E-state index in [2.05, 4.69) is 72.2 Å². The molecule has 0 saturated heterocycles. The minimum absolute atomic E-state index is 0.0868. The molecule has 0 aromatic carbocycles. The van der Waals surface area contributed by atoms with E-state index in [-0.39, 0.29) is 5.60 Å². The highest BCUT2D eigenvalue weighted by Crippen LogP contribution is 2.68. The van der Waals surface area contributed by atoms with Crippen molar-refractivity contribution in [2.24, 2.45) is 34.5 Å². The highest BCUT2D eigenvalue weighted by molar-refractivity contribution is 6.70. The van der Waals surface area contributed by atoms with Gasteiger partial charge in [0.2, 0.25) is 0 Å². The van der Waals surface area contributed by atoms with Gasteiger partial charge in [-0.3, -0.25) is 0 Å². The van der Waals surface area contributed by atoms with Crippen molar-refractivity contribution in [3.8, 4) is 0 Å². The van der Waals surface area contributed by atoms with Crippen LogP contribution in [0.2, 0.25) is 39.3 Å². The fourth-order valence-corrected chi connectivity index (χ4v) is 11.2. The van der Waals surface area contributed by atoms with Crippen LogP contribution in [0.1, 0.15) is 65.7 Å². The first-order valence-electron chi connectivity index (χ1n) is 12.7. The molecular weight excluding hydrogens is 400 g/mol. The van der Waals surface area contributed by atoms with Crippen LogP contribution in [0.5, 0.6) is 0 Å². The Morgan fingerprint density at radius 3 is 2.10 bits per heavy atom. The minimum Gasteiger partial charge on any atom is -0.412 e. The fourth-order valence-electron chi connectivity index (χ4n) is 8.39. The van der Waals surface area contributed by atoms with Gasteiger partial charge >= 0.3 is 0 Å². The Bertz CT molecular complexity index is 692. The van der Waals surface area contributed by atoms with E-state index in [1.54, 1.807) is 0 Å². The molecule has 0 aromatic heterocycles. The zero-order valence-corrected chi connectivity index (χ0v) is 23.3.